The van der Waals surface area contributed by atoms with Crippen molar-refractivity contribution >= 4 is 12.0 Å². The maximum Gasteiger partial charge on any atom is 0.412 e. The van der Waals surface area contributed by atoms with Gasteiger partial charge in [0.25, 0.3) is 0 Å². The molecule has 3 atom stereocenters. The highest BCUT2D eigenvalue weighted by Gasteiger charge is 2.46. The molecule has 7 nitrogen and oxygen atoms in total. The van der Waals surface area contributed by atoms with E-state index in [0.29, 0.717) is 17.5 Å². The number of carbonyl (C=O) groups excluding carboxylic acids is 2. The smallest absolute Gasteiger partial charge is 0.412 e. The summed E-state index contributed by atoms with van der Waals surface area (Å²) in [4.78, 5) is 27.8. The molecule has 1 aliphatic rings. The number of ether oxygens (including phenoxy) is 2. The average Bonchev–Trinajstić information content (AvgIpc) is 3.19. The van der Waals surface area contributed by atoms with Crippen LogP contribution in [0.3, 0.4) is 0 Å². The van der Waals surface area contributed by atoms with Gasteiger partial charge >= 0.3 is 6.09 Å². The van der Waals surface area contributed by atoms with Crippen LogP contribution in [0.1, 0.15) is 59.1 Å². The van der Waals surface area contributed by atoms with Crippen LogP contribution in [0, 0.1) is 5.92 Å². The lowest BCUT2D eigenvalue weighted by Crippen LogP contribution is -2.58. The van der Waals surface area contributed by atoms with Gasteiger partial charge in [0, 0.05) is 0 Å². The van der Waals surface area contributed by atoms with E-state index in [1.165, 1.54) is 4.90 Å². The van der Waals surface area contributed by atoms with Crippen LogP contribution in [0.5, 0.6) is 0 Å². The highest BCUT2D eigenvalue weighted by molar-refractivity contribution is 5.87. The summed E-state index contributed by atoms with van der Waals surface area (Å²) in [5.41, 5.74) is -0.832. The number of nitrogens with one attached hydrogen (secondary N) is 1. The number of aliphatic hydroxyl groups is 1. The molecule has 0 unspecified atom stereocenters. The Morgan fingerprint density at radius 1 is 1.06 bits per heavy atom. The van der Waals surface area contributed by atoms with E-state index >= 15 is 0 Å². The van der Waals surface area contributed by atoms with E-state index in [2.05, 4.69) is 5.32 Å². The molecule has 1 saturated heterocycles. The largest absolute Gasteiger partial charge is 0.444 e. The molecule has 2 N–H and O–H groups in total. The van der Waals surface area contributed by atoms with E-state index in [1.807, 2.05) is 74.5 Å². The molecule has 2 aromatic rings. The Kier molecular flexibility index (Phi) is 8.23. The molecule has 1 fully saturated rings. The minimum atomic E-state index is -1.48. The van der Waals surface area contributed by atoms with E-state index in [1.54, 1.807) is 27.7 Å². The Labute approximate surface area is 208 Å². The van der Waals surface area contributed by atoms with Crippen molar-refractivity contribution in [1.82, 2.24) is 10.2 Å². The fourth-order valence-electron chi connectivity index (χ4n) is 4.48. The first-order valence-corrected chi connectivity index (χ1v) is 12.2. The van der Waals surface area contributed by atoms with Gasteiger partial charge in [-0.3, -0.25) is 9.69 Å². The summed E-state index contributed by atoms with van der Waals surface area (Å²) in [6.07, 6.45) is -0.618. The molecule has 3 rings (SSSR count). The molecule has 0 aliphatic carbocycles. The van der Waals surface area contributed by atoms with Crippen LogP contribution < -0.4 is 5.32 Å². The van der Waals surface area contributed by atoms with Gasteiger partial charge in [-0.05, 0) is 51.2 Å². The minimum Gasteiger partial charge on any atom is -0.444 e. The van der Waals surface area contributed by atoms with Gasteiger partial charge in [0.05, 0.1) is 12.1 Å². The van der Waals surface area contributed by atoms with Crippen molar-refractivity contribution in [1.29, 1.82) is 0 Å². The summed E-state index contributed by atoms with van der Waals surface area (Å²) in [5.74, 6) is -0.213. The number of hydrogen-bond acceptors (Lipinski definition) is 5. The Bertz CT molecular complexity index is 948. The molecule has 0 aromatic heterocycles. The van der Waals surface area contributed by atoms with E-state index in [9.17, 15) is 14.7 Å². The molecule has 7 heteroatoms. The van der Waals surface area contributed by atoms with Crippen LogP contribution in [-0.2, 0) is 19.9 Å². The summed E-state index contributed by atoms with van der Waals surface area (Å²) < 4.78 is 11.2. The van der Waals surface area contributed by atoms with Crippen molar-refractivity contribution < 1.29 is 24.2 Å². The van der Waals surface area contributed by atoms with Crippen molar-refractivity contribution in [3.8, 4) is 0 Å². The van der Waals surface area contributed by atoms with Crippen molar-refractivity contribution in [3.63, 3.8) is 0 Å². The SMILES string of the molecule is CC(C)C[C@H](NC(=O)[C@@H]1[C@@H](C)OCN1C(=O)OC(C)(C)C)C(O)(c1ccccc1)c1ccccc1. The van der Waals surface area contributed by atoms with Gasteiger partial charge in [-0.15, -0.1) is 0 Å². The van der Waals surface area contributed by atoms with Crippen LogP contribution in [0.25, 0.3) is 0 Å². The lowest BCUT2D eigenvalue weighted by atomic mass is 9.77. The van der Waals surface area contributed by atoms with Crippen molar-refractivity contribution in [2.45, 2.75) is 77.4 Å². The number of nitrogens with zero attached hydrogens (tertiary/aromatic N) is 1. The summed E-state index contributed by atoms with van der Waals surface area (Å²) in [6, 6.07) is 17.2. The first kappa shape index (κ1) is 26.7. The minimum absolute atomic E-state index is 0.0371. The zero-order chi connectivity index (χ0) is 25.8. The second-order valence-electron chi connectivity index (χ2n) is 10.6. The monoisotopic (exact) mass is 482 g/mol. The molecular weight excluding hydrogens is 444 g/mol. The molecule has 0 bridgehead atoms. The highest BCUT2D eigenvalue weighted by Crippen LogP contribution is 2.36. The van der Waals surface area contributed by atoms with Gasteiger partial charge in [0.2, 0.25) is 5.91 Å². The van der Waals surface area contributed by atoms with Crippen LogP contribution in [0.4, 0.5) is 4.79 Å². The maximum atomic E-state index is 13.7. The number of hydrogen-bond donors (Lipinski definition) is 2. The third-order valence-electron chi connectivity index (χ3n) is 6.11. The molecule has 1 aliphatic heterocycles. The first-order chi connectivity index (χ1) is 16.4. The van der Waals surface area contributed by atoms with Gasteiger partial charge in [0.15, 0.2) is 0 Å². The van der Waals surface area contributed by atoms with E-state index in [4.69, 9.17) is 9.47 Å². The number of benzene rings is 2. The Morgan fingerprint density at radius 3 is 2.03 bits per heavy atom. The Morgan fingerprint density at radius 2 is 1.57 bits per heavy atom. The number of carbonyl (C=O) groups is 2. The number of amides is 2. The highest BCUT2D eigenvalue weighted by atomic mass is 16.6. The first-order valence-electron chi connectivity index (χ1n) is 12.2. The van der Waals surface area contributed by atoms with Crippen LogP contribution in [-0.4, -0.2) is 52.5 Å². The van der Waals surface area contributed by atoms with Crippen LogP contribution in [0.2, 0.25) is 0 Å². The standard InChI is InChI=1S/C28H38N2O5/c1-19(2)17-23(28(33,21-13-9-7-10-14-21)22-15-11-8-12-16-22)29-25(31)24-20(3)34-18-30(24)26(32)35-27(4,5)6/h7-16,19-20,23-24,33H,17-18H2,1-6H3,(H,29,31)/t20-,23+,24+/m1/s1. The molecule has 35 heavy (non-hydrogen) atoms. The van der Waals surface area contributed by atoms with E-state index < -0.39 is 41.4 Å². The average molecular weight is 483 g/mol. The second kappa shape index (κ2) is 10.8. The molecular formula is C28H38N2O5. The van der Waals surface area contributed by atoms with Gasteiger partial charge in [-0.25, -0.2) is 4.79 Å². The lowest BCUT2D eigenvalue weighted by Gasteiger charge is -2.39. The van der Waals surface area contributed by atoms with Gasteiger partial charge in [0.1, 0.15) is 24.0 Å². The predicted molar refractivity (Wildman–Crippen MR) is 135 cm³/mol. The normalized spacial score (nSPS) is 19.5. The quantitative estimate of drug-likeness (QED) is 0.609. The second-order valence-corrected chi connectivity index (χ2v) is 10.6. The molecule has 0 spiro atoms. The fourth-order valence-corrected chi connectivity index (χ4v) is 4.48. The zero-order valence-electron chi connectivity index (χ0n) is 21.5. The van der Waals surface area contributed by atoms with Gasteiger partial charge in [-0.2, -0.15) is 0 Å². The Hall–Kier alpha value is -2.90. The lowest BCUT2D eigenvalue weighted by molar-refractivity contribution is -0.129. The van der Waals surface area contributed by atoms with Crippen LogP contribution in [0.15, 0.2) is 60.7 Å². The third-order valence-corrected chi connectivity index (χ3v) is 6.11. The summed E-state index contributed by atoms with van der Waals surface area (Å²) in [6.45, 7) is 11.1. The van der Waals surface area contributed by atoms with Crippen LogP contribution >= 0.6 is 0 Å². The molecule has 1 heterocycles. The maximum absolute atomic E-state index is 13.7. The van der Waals surface area contributed by atoms with Crippen molar-refractivity contribution in [2.24, 2.45) is 5.92 Å². The van der Waals surface area contributed by atoms with Gasteiger partial charge < -0.3 is 19.9 Å². The number of rotatable bonds is 7. The van der Waals surface area contributed by atoms with Crippen molar-refractivity contribution in [3.05, 3.63) is 71.8 Å². The molecule has 2 amide bonds. The summed E-state index contributed by atoms with van der Waals surface area (Å²) in [5, 5.41) is 15.4. The van der Waals surface area contributed by atoms with Gasteiger partial charge in [-0.1, -0.05) is 74.5 Å². The van der Waals surface area contributed by atoms with Crippen molar-refractivity contribution in [2.75, 3.05) is 6.73 Å². The third kappa shape index (κ3) is 6.21. The summed E-state index contributed by atoms with van der Waals surface area (Å²) in [7, 11) is 0. The van der Waals surface area contributed by atoms with E-state index in [0.717, 1.165) is 0 Å². The Balaban J connectivity index is 1.98. The molecule has 2 aromatic carbocycles. The zero-order valence-corrected chi connectivity index (χ0v) is 21.5. The summed E-state index contributed by atoms with van der Waals surface area (Å²) >= 11 is 0. The topological polar surface area (TPSA) is 88.1 Å². The molecule has 190 valence electrons. The predicted octanol–water partition coefficient (Wildman–Crippen LogP) is 4.44. The fraction of sp³-hybridized carbons (Fsp3) is 0.500. The molecule has 0 radical (unpaired) electrons. The van der Waals surface area contributed by atoms with E-state index in [-0.39, 0.29) is 12.6 Å². The molecule has 0 saturated carbocycles.